The van der Waals surface area contributed by atoms with E-state index in [1.165, 1.54) is 28.0 Å². The van der Waals surface area contributed by atoms with Gasteiger partial charge in [0, 0.05) is 4.88 Å². The van der Waals surface area contributed by atoms with Crippen LogP contribution in [0.1, 0.15) is 9.88 Å². The zero-order chi connectivity index (χ0) is 15.8. The Morgan fingerprint density at radius 3 is 2.78 bits per heavy atom. The van der Waals surface area contributed by atoms with Crippen LogP contribution < -0.4 is 0 Å². The van der Waals surface area contributed by atoms with Crippen LogP contribution in [0.5, 0.6) is 0 Å². The van der Waals surface area contributed by atoms with Crippen molar-refractivity contribution in [2.45, 2.75) is 0 Å². The SMILES string of the molecule is Fc1cccc(-c2nnc3sc(/C=C/c4cccs4)nn23)c1F. The van der Waals surface area contributed by atoms with Crippen LogP contribution in [0.3, 0.4) is 0 Å². The van der Waals surface area contributed by atoms with Crippen molar-refractivity contribution >= 4 is 39.8 Å². The zero-order valence-corrected chi connectivity index (χ0v) is 13.1. The average Bonchev–Trinajstić information content (AvgIpc) is 3.24. The molecule has 0 fully saturated rings. The van der Waals surface area contributed by atoms with Gasteiger partial charge in [0.1, 0.15) is 5.01 Å². The van der Waals surface area contributed by atoms with Gasteiger partial charge in [-0.25, -0.2) is 8.78 Å². The molecule has 0 unspecified atom stereocenters. The first-order valence-corrected chi connectivity index (χ1v) is 8.30. The fraction of sp³-hybridized carbons (Fsp3) is 0. The van der Waals surface area contributed by atoms with Gasteiger partial charge in [-0.15, -0.1) is 21.5 Å². The highest BCUT2D eigenvalue weighted by molar-refractivity contribution is 7.17. The van der Waals surface area contributed by atoms with Gasteiger partial charge in [0.05, 0.1) is 5.56 Å². The maximum Gasteiger partial charge on any atom is 0.235 e. The third-order valence-corrected chi connectivity index (χ3v) is 4.83. The minimum absolute atomic E-state index is 0.0385. The standard InChI is InChI=1S/C15H8F2N4S2/c16-11-5-1-4-10(13(11)17)14-18-19-15-21(14)20-12(23-15)7-6-9-3-2-8-22-9/h1-8H/b7-6+. The molecule has 0 radical (unpaired) electrons. The highest BCUT2D eigenvalue weighted by atomic mass is 32.1. The molecule has 1 aromatic carbocycles. The van der Waals surface area contributed by atoms with Crippen molar-refractivity contribution in [2.24, 2.45) is 0 Å². The summed E-state index contributed by atoms with van der Waals surface area (Å²) in [7, 11) is 0. The van der Waals surface area contributed by atoms with Crippen molar-refractivity contribution in [3.8, 4) is 11.4 Å². The van der Waals surface area contributed by atoms with Gasteiger partial charge in [0.15, 0.2) is 17.5 Å². The van der Waals surface area contributed by atoms with E-state index in [2.05, 4.69) is 15.3 Å². The molecule has 0 aliphatic rings. The molecule has 4 aromatic rings. The number of halogens is 2. The maximum absolute atomic E-state index is 13.9. The maximum atomic E-state index is 13.9. The molecule has 0 N–H and O–H groups in total. The summed E-state index contributed by atoms with van der Waals surface area (Å²) in [6.07, 6.45) is 3.80. The van der Waals surface area contributed by atoms with Crippen molar-refractivity contribution in [3.63, 3.8) is 0 Å². The summed E-state index contributed by atoms with van der Waals surface area (Å²) in [5, 5.41) is 14.9. The molecule has 0 amide bonds. The van der Waals surface area contributed by atoms with Crippen LogP contribution in [-0.4, -0.2) is 19.8 Å². The van der Waals surface area contributed by atoms with E-state index in [-0.39, 0.29) is 11.4 Å². The second-order valence-corrected chi connectivity index (χ2v) is 6.58. The van der Waals surface area contributed by atoms with Crippen LogP contribution in [0, 0.1) is 11.6 Å². The summed E-state index contributed by atoms with van der Waals surface area (Å²) in [5.74, 6) is -1.69. The predicted molar refractivity (Wildman–Crippen MR) is 87.3 cm³/mol. The van der Waals surface area contributed by atoms with E-state index in [0.717, 1.165) is 10.9 Å². The Balaban J connectivity index is 1.76. The second kappa shape index (κ2) is 5.64. The van der Waals surface area contributed by atoms with Gasteiger partial charge in [0.2, 0.25) is 4.96 Å². The number of thiophene rings is 1. The first kappa shape index (κ1) is 14.2. The fourth-order valence-corrected chi connectivity index (χ4v) is 3.44. The van der Waals surface area contributed by atoms with Crippen molar-refractivity contribution in [3.05, 3.63) is 57.2 Å². The summed E-state index contributed by atoms with van der Waals surface area (Å²) in [6.45, 7) is 0. The molecule has 4 rings (SSSR count). The molecule has 0 saturated heterocycles. The van der Waals surface area contributed by atoms with Crippen molar-refractivity contribution in [1.29, 1.82) is 0 Å². The highest BCUT2D eigenvalue weighted by Gasteiger charge is 2.17. The smallest absolute Gasteiger partial charge is 0.204 e. The quantitative estimate of drug-likeness (QED) is 0.553. The summed E-state index contributed by atoms with van der Waals surface area (Å²) in [4.78, 5) is 1.63. The van der Waals surface area contributed by atoms with Crippen LogP contribution in [0.2, 0.25) is 0 Å². The highest BCUT2D eigenvalue weighted by Crippen LogP contribution is 2.26. The van der Waals surface area contributed by atoms with Crippen molar-refractivity contribution < 1.29 is 8.78 Å². The molecule has 8 heteroatoms. The number of fused-ring (bicyclic) bond motifs is 1. The van der Waals surface area contributed by atoms with E-state index in [9.17, 15) is 8.78 Å². The van der Waals surface area contributed by atoms with E-state index in [4.69, 9.17) is 0 Å². The third kappa shape index (κ3) is 2.55. The number of nitrogens with zero attached hydrogens (tertiary/aromatic N) is 4. The molecule has 0 bridgehead atoms. The molecule has 4 nitrogen and oxygen atoms in total. The lowest BCUT2D eigenvalue weighted by Crippen LogP contribution is -1.95. The van der Waals surface area contributed by atoms with Gasteiger partial charge in [-0.1, -0.05) is 23.5 Å². The van der Waals surface area contributed by atoms with Crippen LogP contribution in [0.4, 0.5) is 8.78 Å². The Hall–Kier alpha value is -2.45. The van der Waals surface area contributed by atoms with Crippen LogP contribution in [0.25, 0.3) is 28.5 Å². The van der Waals surface area contributed by atoms with Gasteiger partial charge < -0.3 is 0 Å². The molecule has 0 saturated carbocycles. The Kier molecular flexibility index (Phi) is 3.47. The first-order chi connectivity index (χ1) is 11.2. The molecule has 0 atom stereocenters. The summed E-state index contributed by atoms with van der Waals surface area (Å²) >= 11 is 2.94. The zero-order valence-electron chi connectivity index (χ0n) is 11.5. The van der Waals surface area contributed by atoms with E-state index in [1.807, 2.05) is 29.7 Å². The molecular formula is C15H8F2N4S2. The van der Waals surface area contributed by atoms with Crippen molar-refractivity contribution in [1.82, 2.24) is 19.8 Å². The van der Waals surface area contributed by atoms with Crippen LogP contribution >= 0.6 is 22.7 Å². The summed E-state index contributed by atoms with van der Waals surface area (Å²) in [5.41, 5.74) is 0.0385. The van der Waals surface area contributed by atoms with Crippen molar-refractivity contribution in [2.75, 3.05) is 0 Å². The Bertz CT molecular complexity index is 1000. The molecule has 114 valence electrons. The Morgan fingerprint density at radius 2 is 1.96 bits per heavy atom. The first-order valence-electron chi connectivity index (χ1n) is 6.60. The minimum atomic E-state index is -0.953. The molecule has 3 aromatic heterocycles. The average molecular weight is 346 g/mol. The summed E-state index contributed by atoms with van der Waals surface area (Å²) in [6, 6.07) is 7.91. The molecule has 3 heterocycles. The van der Waals surface area contributed by atoms with Gasteiger partial charge >= 0.3 is 0 Å². The normalized spacial score (nSPS) is 11.7. The summed E-state index contributed by atoms with van der Waals surface area (Å²) < 4.78 is 28.8. The second-order valence-electron chi connectivity index (χ2n) is 4.61. The topological polar surface area (TPSA) is 43.1 Å². The number of benzene rings is 1. The van der Waals surface area contributed by atoms with Gasteiger partial charge in [-0.05, 0) is 35.7 Å². The predicted octanol–water partition coefficient (Wildman–Crippen LogP) is 4.36. The minimum Gasteiger partial charge on any atom is -0.204 e. The van der Waals surface area contributed by atoms with E-state index >= 15 is 0 Å². The van der Waals surface area contributed by atoms with Gasteiger partial charge in [-0.3, -0.25) is 0 Å². The third-order valence-electron chi connectivity index (χ3n) is 3.13. The van der Waals surface area contributed by atoms with Crippen LogP contribution in [-0.2, 0) is 0 Å². The molecule has 23 heavy (non-hydrogen) atoms. The molecule has 0 spiro atoms. The van der Waals surface area contributed by atoms with Crippen LogP contribution in [0.15, 0.2) is 35.7 Å². The number of aromatic nitrogens is 4. The number of hydrogen-bond acceptors (Lipinski definition) is 5. The monoisotopic (exact) mass is 346 g/mol. The Labute approximate surface area is 137 Å². The molecular weight excluding hydrogens is 338 g/mol. The molecule has 0 aliphatic carbocycles. The molecule has 0 aliphatic heterocycles. The van der Waals surface area contributed by atoms with E-state index in [0.29, 0.717) is 9.97 Å². The van der Waals surface area contributed by atoms with Gasteiger partial charge in [0.25, 0.3) is 0 Å². The van der Waals surface area contributed by atoms with E-state index < -0.39 is 11.6 Å². The largest absolute Gasteiger partial charge is 0.235 e. The van der Waals surface area contributed by atoms with Gasteiger partial charge in [-0.2, -0.15) is 9.61 Å². The van der Waals surface area contributed by atoms with E-state index in [1.54, 1.807) is 11.3 Å². The lowest BCUT2D eigenvalue weighted by molar-refractivity contribution is 0.510. The Morgan fingerprint density at radius 1 is 1.04 bits per heavy atom. The lowest BCUT2D eigenvalue weighted by Gasteiger charge is -1.99. The number of rotatable bonds is 3. The number of hydrogen-bond donors (Lipinski definition) is 0. The fourth-order valence-electron chi connectivity index (χ4n) is 2.08. The lowest BCUT2D eigenvalue weighted by atomic mass is 10.2.